The standard InChI is InChI=1S/C10H16N4O2/c1-7(6-16-3)12-10(15)8-4-5-9(11-2)14-13-8/h4-5,7H,6H2,1-3H3,(H,11,14)(H,12,15). The maximum Gasteiger partial charge on any atom is 0.272 e. The highest BCUT2D eigenvalue weighted by Crippen LogP contribution is 2.00. The summed E-state index contributed by atoms with van der Waals surface area (Å²) >= 11 is 0. The molecule has 0 aliphatic heterocycles. The maximum absolute atomic E-state index is 11.6. The number of nitrogens with one attached hydrogen (secondary N) is 2. The average molecular weight is 224 g/mol. The van der Waals surface area contributed by atoms with Crippen molar-refractivity contribution in [3.63, 3.8) is 0 Å². The van der Waals surface area contributed by atoms with Crippen LogP contribution in [0.5, 0.6) is 0 Å². The van der Waals surface area contributed by atoms with Crippen molar-refractivity contribution in [2.24, 2.45) is 0 Å². The molecule has 16 heavy (non-hydrogen) atoms. The van der Waals surface area contributed by atoms with Gasteiger partial charge in [0.25, 0.3) is 5.91 Å². The quantitative estimate of drug-likeness (QED) is 0.751. The van der Waals surface area contributed by atoms with Gasteiger partial charge in [-0.25, -0.2) is 0 Å². The third kappa shape index (κ3) is 3.47. The molecule has 1 aromatic rings. The Morgan fingerprint density at radius 1 is 1.50 bits per heavy atom. The van der Waals surface area contributed by atoms with E-state index < -0.39 is 0 Å². The van der Waals surface area contributed by atoms with E-state index >= 15 is 0 Å². The van der Waals surface area contributed by atoms with Gasteiger partial charge in [0.15, 0.2) is 5.69 Å². The first-order valence-corrected chi connectivity index (χ1v) is 4.98. The van der Waals surface area contributed by atoms with E-state index in [1.54, 1.807) is 26.3 Å². The second-order valence-corrected chi connectivity index (χ2v) is 3.38. The molecule has 0 saturated heterocycles. The minimum Gasteiger partial charge on any atom is -0.383 e. The first-order valence-electron chi connectivity index (χ1n) is 4.98. The Morgan fingerprint density at radius 2 is 2.25 bits per heavy atom. The summed E-state index contributed by atoms with van der Waals surface area (Å²) in [6.07, 6.45) is 0. The van der Waals surface area contributed by atoms with E-state index in [4.69, 9.17) is 4.74 Å². The van der Waals surface area contributed by atoms with Crippen LogP contribution < -0.4 is 10.6 Å². The Balaban J connectivity index is 2.59. The summed E-state index contributed by atoms with van der Waals surface area (Å²) in [6.45, 7) is 2.32. The Morgan fingerprint density at radius 3 is 2.75 bits per heavy atom. The van der Waals surface area contributed by atoms with Crippen LogP contribution in [0, 0.1) is 0 Å². The summed E-state index contributed by atoms with van der Waals surface area (Å²) in [4.78, 5) is 11.6. The Kier molecular flexibility index (Phi) is 4.65. The van der Waals surface area contributed by atoms with Gasteiger partial charge < -0.3 is 15.4 Å². The largest absolute Gasteiger partial charge is 0.383 e. The number of carbonyl (C=O) groups excluding carboxylic acids is 1. The zero-order valence-electron chi connectivity index (χ0n) is 9.65. The van der Waals surface area contributed by atoms with Gasteiger partial charge in [-0.05, 0) is 19.1 Å². The van der Waals surface area contributed by atoms with E-state index in [1.165, 1.54) is 0 Å². The summed E-state index contributed by atoms with van der Waals surface area (Å²) < 4.78 is 4.92. The topological polar surface area (TPSA) is 76.1 Å². The number of aromatic nitrogens is 2. The number of methoxy groups -OCH3 is 1. The van der Waals surface area contributed by atoms with Crippen molar-refractivity contribution >= 4 is 11.7 Å². The summed E-state index contributed by atoms with van der Waals surface area (Å²) in [7, 11) is 3.33. The molecule has 1 aromatic heterocycles. The molecule has 0 saturated carbocycles. The highest BCUT2D eigenvalue weighted by Gasteiger charge is 2.11. The van der Waals surface area contributed by atoms with Gasteiger partial charge >= 0.3 is 0 Å². The second-order valence-electron chi connectivity index (χ2n) is 3.38. The molecule has 1 rings (SSSR count). The molecule has 0 radical (unpaired) electrons. The highest BCUT2D eigenvalue weighted by molar-refractivity contribution is 5.92. The van der Waals surface area contributed by atoms with Crippen LogP contribution >= 0.6 is 0 Å². The Labute approximate surface area is 94.4 Å². The van der Waals surface area contributed by atoms with Gasteiger partial charge in [-0.3, -0.25) is 4.79 Å². The van der Waals surface area contributed by atoms with Crippen LogP contribution in [0.25, 0.3) is 0 Å². The minimum absolute atomic E-state index is 0.0525. The van der Waals surface area contributed by atoms with E-state index in [0.29, 0.717) is 18.1 Å². The van der Waals surface area contributed by atoms with Crippen LogP contribution in [0.15, 0.2) is 12.1 Å². The molecule has 0 aromatic carbocycles. The average Bonchev–Trinajstić information content (AvgIpc) is 2.29. The zero-order chi connectivity index (χ0) is 12.0. The number of hydrogen-bond donors (Lipinski definition) is 2. The van der Waals surface area contributed by atoms with E-state index in [0.717, 1.165) is 0 Å². The summed E-state index contributed by atoms with van der Waals surface area (Å²) in [5.74, 6) is 0.376. The Bertz CT molecular complexity index is 339. The summed E-state index contributed by atoms with van der Waals surface area (Å²) in [6, 6.07) is 3.26. The van der Waals surface area contributed by atoms with Gasteiger partial charge in [-0.2, -0.15) is 0 Å². The van der Waals surface area contributed by atoms with E-state index in [2.05, 4.69) is 20.8 Å². The Hall–Kier alpha value is -1.69. The third-order valence-electron chi connectivity index (χ3n) is 1.95. The molecule has 2 N–H and O–H groups in total. The monoisotopic (exact) mass is 224 g/mol. The number of ether oxygens (including phenoxy) is 1. The molecule has 0 aliphatic carbocycles. The van der Waals surface area contributed by atoms with E-state index in [-0.39, 0.29) is 11.9 Å². The molecule has 1 heterocycles. The van der Waals surface area contributed by atoms with Crippen molar-refractivity contribution < 1.29 is 9.53 Å². The van der Waals surface area contributed by atoms with Crippen LogP contribution in [0.3, 0.4) is 0 Å². The summed E-state index contributed by atoms with van der Waals surface area (Å²) in [5.41, 5.74) is 0.293. The number of hydrogen-bond acceptors (Lipinski definition) is 5. The first kappa shape index (κ1) is 12.4. The number of rotatable bonds is 5. The van der Waals surface area contributed by atoms with Crippen molar-refractivity contribution in [2.45, 2.75) is 13.0 Å². The molecule has 1 atom stereocenters. The van der Waals surface area contributed by atoms with Gasteiger partial charge in [0, 0.05) is 20.2 Å². The van der Waals surface area contributed by atoms with Crippen LogP contribution in [0.2, 0.25) is 0 Å². The van der Waals surface area contributed by atoms with Gasteiger partial charge in [0.1, 0.15) is 5.82 Å². The molecule has 6 nitrogen and oxygen atoms in total. The highest BCUT2D eigenvalue weighted by atomic mass is 16.5. The minimum atomic E-state index is -0.250. The van der Waals surface area contributed by atoms with Gasteiger partial charge in [0.2, 0.25) is 0 Å². The van der Waals surface area contributed by atoms with Crippen molar-refractivity contribution in [1.29, 1.82) is 0 Å². The number of nitrogens with zero attached hydrogens (tertiary/aromatic N) is 2. The fraction of sp³-hybridized carbons (Fsp3) is 0.500. The van der Waals surface area contributed by atoms with Crippen LogP contribution in [-0.2, 0) is 4.74 Å². The van der Waals surface area contributed by atoms with Crippen LogP contribution in [0.1, 0.15) is 17.4 Å². The van der Waals surface area contributed by atoms with E-state index in [1.807, 2.05) is 6.92 Å². The lowest BCUT2D eigenvalue weighted by atomic mass is 10.3. The molecule has 6 heteroatoms. The molecular formula is C10H16N4O2. The number of anilines is 1. The third-order valence-corrected chi connectivity index (χ3v) is 1.95. The molecule has 0 spiro atoms. The molecule has 88 valence electrons. The predicted octanol–water partition coefficient (Wildman–Crippen LogP) is 0.283. The lowest BCUT2D eigenvalue weighted by Crippen LogP contribution is -2.36. The maximum atomic E-state index is 11.6. The molecule has 0 bridgehead atoms. The van der Waals surface area contributed by atoms with Crippen LogP contribution in [-0.4, -0.2) is 42.9 Å². The molecular weight excluding hydrogens is 208 g/mol. The SMILES string of the molecule is CNc1ccc(C(=O)NC(C)COC)nn1. The van der Waals surface area contributed by atoms with Crippen LogP contribution in [0.4, 0.5) is 5.82 Å². The molecule has 0 fully saturated rings. The lowest BCUT2D eigenvalue weighted by molar-refractivity contribution is 0.0899. The van der Waals surface area contributed by atoms with Gasteiger partial charge in [-0.15, -0.1) is 10.2 Å². The second kappa shape index (κ2) is 6.02. The van der Waals surface area contributed by atoms with Crippen molar-refractivity contribution in [3.8, 4) is 0 Å². The molecule has 1 amide bonds. The fourth-order valence-electron chi connectivity index (χ4n) is 1.18. The number of carbonyl (C=O) groups is 1. The first-order chi connectivity index (χ1) is 7.67. The van der Waals surface area contributed by atoms with Crippen molar-refractivity contribution in [2.75, 3.05) is 26.1 Å². The molecule has 0 aliphatic rings. The fourth-order valence-corrected chi connectivity index (χ4v) is 1.18. The van der Waals surface area contributed by atoms with Gasteiger partial charge in [0.05, 0.1) is 6.61 Å². The predicted molar refractivity (Wildman–Crippen MR) is 60.4 cm³/mol. The molecule has 1 unspecified atom stereocenters. The normalized spacial score (nSPS) is 11.9. The van der Waals surface area contributed by atoms with Gasteiger partial charge in [-0.1, -0.05) is 0 Å². The lowest BCUT2D eigenvalue weighted by Gasteiger charge is -2.11. The van der Waals surface area contributed by atoms with E-state index in [9.17, 15) is 4.79 Å². The van der Waals surface area contributed by atoms with Crippen molar-refractivity contribution in [3.05, 3.63) is 17.8 Å². The smallest absolute Gasteiger partial charge is 0.272 e. The van der Waals surface area contributed by atoms with Crippen molar-refractivity contribution in [1.82, 2.24) is 15.5 Å². The zero-order valence-corrected chi connectivity index (χ0v) is 9.65. The number of amides is 1. The summed E-state index contributed by atoms with van der Waals surface area (Å²) in [5, 5.41) is 13.2.